The van der Waals surface area contributed by atoms with Crippen LogP contribution in [0.1, 0.15) is 11.7 Å². The van der Waals surface area contributed by atoms with Gasteiger partial charge in [0.15, 0.2) is 0 Å². The van der Waals surface area contributed by atoms with E-state index in [1.165, 1.54) is 0 Å². The van der Waals surface area contributed by atoms with Crippen LogP contribution >= 0.6 is 12.4 Å². The van der Waals surface area contributed by atoms with Crippen molar-refractivity contribution in [1.29, 1.82) is 0 Å². The molecule has 3 N–H and O–H groups in total. The molecule has 1 rings (SSSR count). The summed E-state index contributed by atoms with van der Waals surface area (Å²) in [5, 5.41) is 9.20. The summed E-state index contributed by atoms with van der Waals surface area (Å²) in [6.45, 7) is 0.282. The first-order valence-electron chi connectivity index (χ1n) is 3.27. The lowest BCUT2D eigenvalue weighted by atomic mass is 10.1. The minimum atomic E-state index is -0.513. The third-order valence-electron chi connectivity index (χ3n) is 1.41. The highest BCUT2D eigenvalue weighted by Gasteiger charge is 2.01. The Morgan fingerprint density at radius 1 is 1.27 bits per heavy atom. The minimum Gasteiger partial charge on any atom is -0.387 e. The van der Waals surface area contributed by atoms with E-state index in [2.05, 4.69) is 0 Å². The third kappa shape index (κ3) is 2.89. The molecule has 3 heteroatoms. The highest BCUT2D eigenvalue weighted by atomic mass is 35.5. The average Bonchev–Trinajstić information content (AvgIpc) is 2.05. The summed E-state index contributed by atoms with van der Waals surface area (Å²) in [7, 11) is 0. The Morgan fingerprint density at radius 2 is 1.82 bits per heavy atom. The molecule has 0 aromatic heterocycles. The standard InChI is InChI=1S/C8H11NO.ClH/c9-6-8(10)7-4-2-1-3-5-7;/h1-5,8,10H,6,9H2;1H/t8-;/m1./s1. The largest absolute Gasteiger partial charge is 0.387 e. The van der Waals surface area contributed by atoms with Gasteiger partial charge in [-0.1, -0.05) is 30.3 Å². The number of halogens is 1. The van der Waals surface area contributed by atoms with Crippen LogP contribution in [0.15, 0.2) is 30.3 Å². The van der Waals surface area contributed by atoms with Gasteiger partial charge in [-0.15, -0.1) is 12.4 Å². The van der Waals surface area contributed by atoms with Crippen molar-refractivity contribution in [2.75, 3.05) is 6.54 Å². The normalized spacial score (nSPS) is 11.8. The molecule has 0 aliphatic heterocycles. The fraction of sp³-hybridized carbons (Fsp3) is 0.250. The van der Waals surface area contributed by atoms with Crippen molar-refractivity contribution in [1.82, 2.24) is 0 Å². The molecule has 1 atom stereocenters. The maximum Gasteiger partial charge on any atom is 0.0912 e. The molecular formula is C8H12ClNO. The lowest BCUT2D eigenvalue weighted by Crippen LogP contribution is -2.10. The quantitative estimate of drug-likeness (QED) is 0.704. The van der Waals surface area contributed by atoms with Gasteiger partial charge in [0.2, 0.25) is 0 Å². The molecule has 0 saturated heterocycles. The van der Waals surface area contributed by atoms with E-state index in [1.54, 1.807) is 0 Å². The molecule has 0 aliphatic rings. The summed E-state index contributed by atoms with van der Waals surface area (Å²) in [6.07, 6.45) is -0.513. The van der Waals surface area contributed by atoms with Crippen LogP contribution in [0.4, 0.5) is 0 Å². The zero-order valence-corrected chi connectivity index (χ0v) is 6.92. The van der Waals surface area contributed by atoms with Crippen LogP contribution in [0.3, 0.4) is 0 Å². The van der Waals surface area contributed by atoms with Gasteiger partial charge in [-0.3, -0.25) is 0 Å². The van der Waals surface area contributed by atoms with Gasteiger partial charge in [0.1, 0.15) is 0 Å². The second kappa shape index (κ2) is 5.13. The van der Waals surface area contributed by atoms with E-state index < -0.39 is 6.10 Å². The molecule has 1 aromatic carbocycles. The Morgan fingerprint density at radius 3 is 2.27 bits per heavy atom. The highest BCUT2D eigenvalue weighted by molar-refractivity contribution is 5.85. The highest BCUT2D eigenvalue weighted by Crippen LogP contribution is 2.08. The molecule has 0 spiro atoms. The first-order valence-corrected chi connectivity index (χ1v) is 3.27. The topological polar surface area (TPSA) is 46.2 Å². The SMILES string of the molecule is Cl.NC[C@@H](O)c1ccccc1. The molecule has 0 heterocycles. The first-order chi connectivity index (χ1) is 4.84. The maximum atomic E-state index is 9.20. The van der Waals surface area contributed by atoms with Crippen LogP contribution in [-0.2, 0) is 0 Å². The van der Waals surface area contributed by atoms with E-state index in [0.717, 1.165) is 5.56 Å². The monoisotopic (exact) mass is 173 g/mol. The Kier molecular flexibility index (Phi) is 4.86. The van der Waals surface area contributed by atoms with Gasteiger partial charge >= 0.3 is 0 Å². The van der Waals surface area contributed by atoms with Crippen molar-refractivity contribution in [2.45, 2.75) is 6.10 Å². The molecule has 0 fully saturated rings. The summed E-state index contributed by atoms with van der Waals surface area (Å²) in [5.41, 5.74) is 6.13. The summed E-state index contributed by atoms with van der Waals surface area (Å²) >= 11 is 0. The van der Waals surface area contributed by atoms with E-state index in [4.69, 9.17) is 5.73 Å². The van der Waals surface area contributed by atoms with Gasteiger partial charge in [-0.25, -0.2) is 0 Å². The van der Waals surface area contributed by atoms with Crippen molar-refractivity contribution in [2.24, 2.45) is 5.73 Å². The van der Waals surface area contributed by atoms with E-state index in [9.17, 15) is 5.11 Å². The zero-order chi connectivity index (χ0) is 7.40. The smallest absolute Gasteiger partial charge is 0.0912 e. The van der Waals surface area contributed by atoms with Crippen molar-refractivity contribution in [3.63, 3.8) is 0 Å². The summed E-state index contributed by atoms with van der Waals surface area (Å²) in [5.74, 6) is 0. The molecule has 0 saturated carbocycles. The van der Waals surface area contributed by atoms with Crippen LogP contribution in [0.5, 0.6) is 0 Å². The lowest BCUT2D eigenvalue weighted by Gasteiger charge is -2.05. The van der Waals surface area contributed by atoms with Crippen molar-refractivity contribution in [3.8, 4) is 0 Å². The average molecular weight is 174 g/mol. The molecule has 0 amide bonds. The molecule has 2 nitrogen and oxygen atoms in total. The molecule has 1 aromatic rings. The summed E-state index contributed by atoms with van der Waals surface area (Å²) in [4.78, 5) is 0. The second-order valence-electron chi connectivity index (χ2n) is 2.16. The molecule has 62 valence electrons. The second-order valence-corrected chi connectivity index (χ2v) is 2.16. The lowest BCUT2D eigenvalue weighted by molar-refractivity contribution is 0.187. The number of aliphatic hydroxyl groups is 1. The van der Waals surface area contributed by atoms with E-state index in [-0.39, 0.29) is 19.0 Å². The fourth-order valence-electron chi connectivity index (χ4n) is 0.811. The van der Waals surface area contributed by atoms with E-state index >= 15 is 0 Å². The van der Waals surface area contributed by atoms with Crippen molar-refractivity contribution < 1.29 is 5.11 Å². The summed E-state index contributed by atoms with van der Waals surface area (Å²) < 4.78 is 0. The Bertz CT molecular complexity index is 191. The molecular weight excluding hydrogens is 162 g/mol. The molecule has 0 unspecified atom stereocenters. The zero-order valence-electron chi connectivity index (χ0n) is 6.10. The predicted molar refractivity (Wildman–Crippen MR) is 47.7 cm³/mol. The minimum absolute atomic E-state index is 0. The van der Waals surface area contributed by atoms with Crippen LogP contribution in [0.2, 0.25) is 0 Å². The first kappa shape index (κ1) is 10.4. The van der Waals surface area contributed by atoms with E-state index in [1.807, 2.05) is 30.3 Å². The number of benzene rings is 1. The van der Waals surface area contributed by atoms with Crippen molar-refractivity contribution in [3.05, 3.63) is 35.9 Å². The number of aliphatic hydroxyl groups excluding tert-OH is 1. The molecule has 0 radical (unpaired) electrons. The molecule has 11 heavy (non-hydrogen) atoms. The maximum absolute atomic E-state index is 9.20. The van der Waals surface area contributed by atoms with Gasteiger partial charge in [-0.05, 0) is 5.56 Å². The fourth-order valence-corrected chi connectivity index (χ4v) is 0.811. The Labute approximate surface area is 72.4 Å². The molecule has 0 bridgehead atoms. The van der Waals surface area contributed by atoms with E-state index in [0.29, 0.717) is 0 Å². The number of hydrogen-bond donors (Lipinski definition) is 2. The van der Waals surface area contributed by atoms with Crippen LogP contribution in [0, 0.1) is 0 Å². The number of nitrogens with two attached hydrogens (primary N) is 1. The van der Waals surface area contributed by atoms with Gasteiger partial charge in [-0.2, -0.15) is 0 Å². The summed E-state index contributed by atoms with van der Waals surface area (Å²) in [6, 6.07) is 9.39. The van der Waals surface area contributed by atoms with Gasteiger partial charge < -0.3 is 10.8 Å². The Hall–Kier alpha value is -0.570. The van der Waals surface area contributed by atoms with Crippen LogP contribution < -0.4 is 5.73 Å². The predicted octanol–water partition coefficient (Wildman–Crippen LogP) is 1.10. The van der Waals surface area contributed by atoms with Gasteiger partial charge in [0, 0.05) is 6.54 Å². The molecule has 0 aliphatic carbocycles. The van der Waals surface area contributed by atoms with Gasteiger partial charge in [0.05, 0.1) is 6.10 Å². The Balaban J connectivity index is 0.000001000. The number of rotatable bonds is 2. The van der Waals surface area contributed by atoms with Crippen LogP contribution in [0.25, 0.3) is 0 Å². The number of hydrogen-bond acceptors (Lipinski definition) is 2. The van der Waals surface area contributed by atoms with Crippen LogP contribution in [-0.4, -0.2) is 11.7 Å². The third-order valence-corrected chi connectivity index (χ3v) is 1.41. The van der Waals surface area contributed by atoms with Crippen molar-refractivity contribution >= 4 is 12.4 Å². The van der Waals surface area contributed by atoms with Gasteiger partial charge in [0.25, 0.3) is 0 Å².